The summed E-state index contributed by atoms with van der Waals surface area (Å²) in [7, 11) is 1.35. The lowest BCUT2D eigenvalue weighted by Gasteiger charge is -2.15. The number of epoxide rings is 1. The van der Waals surface area contributed by atoms with Crippen molar-refractivity contribution in [3.8, 4) is 11.7 Å². The van der Waals surface area contributed by atoms with Crippen LogP contribution in [0.3, 0.4) is 0 Å². The molecule has 3 aliphatic rings. The molecule has 1 saturated heterocycles. The summed E-state index contributed by atoms with van der Waals surface area (Å²) in [6.45, 7) is 0. The van der Waals surface area contributed by atoms with Gasteiger partial charge in [0.1, 0.15) is 5.60 Å². The first-order valence-corrected chi connectivity index (χ1v) is 8.24. The Balaban J connectivity index is 0.000000188. The Hall–Kier alpha value is 0.01000. The van der Waals surface area contributed by atoms with Crippen molar-refractivity contribution in [3.63, 3.8) is 0 Å². The molecule has 15 heavy (non-hydrogen) atoms. The monoisotopic (exact) mass is 334 g/mol. The molecule has 1 spiro atoms. The zero-order chi connectivity index (χ0) is 10.9. The molecule has 0 aromatic carbocycles. The molecule has 80 valence electrons. The first-order chi connectivity index (χ1) is 7.23. The van der Waals surface area contributed by atoms with Crippen molar-refractivity contribution in [1.82, 2.24) is 0 Å². The molecule has 0 N–H and O–H groups in total. The van der Waals surface area contributed by atoms with Crippen molar-refractivity contribution >= 4 is 35.9 Å². The van der Waals surface area contributed by atoms with Crippen LogP contribution in [0.25, 0.3) is 0 Å². The number of rotatable bonds is 0. The number of carbonyl (C=O) groups is 1. The molecule has 0 amide bonds. The number of terminal acetylenes is 1. The van der Waals surface area contributed by atoms with Crippen LogP contribution < -0.4 is 0 Å². The van der Waals surface area contributed by atoms with Crippen molar-refractivity contribution in [3.05, 3.63) is 11.6 Å². The maximum Gasteiger partial charge on any atom is 0.155 e. The Kier molecular flexibility index (Phi) is 3.43. The Bertz CT molecular complexity index is 358. The van der Waals surface area contributed by atoms with Crippen LogP contribution in [-0.4, -0.2) is 17.5 Å². The van der Waals surface area contributed by atoms with E-state index in [0.717, 1.165) is 19.3 Å². The molecule has 4 heteroatoms. The molecule has 0 aromatic heterocycles. The minimum atomic E-state index is 0.0773. The van der Waals surface area contributed by atoms with Crippen molar-refractivity contribution in [2.45, 2.75) is 37.4 Å². The molecule has 2 fully saturated rings. The molecule has 0 bridgehead atoms. The van der Waals surface area contributed by atoms with Crippen molar-refractivity contribution in [2.24, 2.45) is 0 Å². The third-order valence-corrected chi connectivity index (χ3v) is 4.01. The van der Waals surface area contributed by atoms with Crippen LogP contribution in [0.1, 0.15) is 25.7 Å². The summed E-state index contributed by atoms with van der Waals surface area (Å²) < 4.78 is 5.57. The number of hydrogen-bond acceptors (Lipinski definition) is 3. The van der Waals surface area contributed by atoms with Crippen LogP contribution >= 0.6 is 30.1 Å². The lowest BCUT2D eigenvalue weighted by Crippen LogP contribution is -2.20. The molecule has 3 rings (SSSR count). The molecule has 2 nitrogen and oxygen atoms in total. The van der Waals surface area contributed by atoms with Crippen LogP contribution in [-0.2, 0) is 9.53 Å². The van der Waals surface area contributed by atoms with E-state index < -0.39 is 0 Å². The Labute approximate surface area is 106 Å². The number of ether oxygens (including phenoxy) is 1. The lowest BCUT2D eigenvalue weighted by molar-refractivity contribution is -0.115. The van der Waals surface area contributed by atoms with Gasteiger partial charge in [0.15, 0.2) is 5.78 Å². The highest BCUT2D eigenvalue weighted by atomic mass is 127. The summed E-state index contributed by atoms with van der Waals surface area (Å²) in [6.07, 6.45) is 10.9. The Morgan fingerprint density at radius 2 is 2.40 bits per heavy atom. The average molecular weight is 334 g/mol. The number of hydrogen-bond donors (Lipinski definition) is 0. The highest BCUT2D eigenvalue weighted by Crippen LogP contribution is 2.57. The maximum absolute atomic E-state index is 11.0. The summed E-state index contributed by atoms with van der Waals surface area (Å²) >= 11 is 2.03. The number of halogens is 1. The quantitative estimate of drug-likeness (QED) is 0.388. The van der Waals surface area contributed by atoms with Gasteiger partial charge in [0.05, 0.1) is 6.10 Å². The van der Waals surface area contributed by atoms with Gasteiger partial charge in [-0.1, -0.05) is 0 Å². The molecule has 2 atom stereocenters. The second kappa shape index (κ2) is 4.48. The molecule has 0 aromatic rings. The molecule has 2 unspecified atom stereocenters. The van der Waals surface area contributed by atoms with Gasteiger partial charge in [0.25, 0.3) is 0 Å². The Morgan fingerprint density at radius 1 is 1.67 bits per heavy atom. The normalized spacial score (nSPS) is 35.3. The van der Waals surface area contributed by atoms with Crippen molar-refractivity contribution < 1.29 is 9.53 Å². The van der Waals surface area contributed by atoms with Gasteiger partial charge in [0, 0.05) is 27.6 Å². The zero-order valence-corrected chi connectivity index (χ0v) is 11.1. The van der Waals surface area contributed by atoms with E-state index in [1.165, 1.54) is 14.5 Å². The predicted molar refractivity (Wildman–Crippen MR) is 69.6 cm³/mol. The standard InChI is InChI=1S/C9H10O2.C2HIS/c10-7-3-4-9-6(5-7)1-2-8(9)11-9;1-2-4-3/h5,8H,1-4H2;1H. The van der Waals surface area contributed by atoms with E-state index in [9.17, 15) is 4.79 Å². The van der Waals surface area contributed by atoms with E-state index in [4.69, 9.17) is 11.2 Å². The molecule has 0 radical (unpaired) electrons. The fourth-order valence-electron chi connectivity index (χ4n) is 2.44. The van der Waals surface area contributed by atoms with Crippen molar-refractivity contribution in [1.29, 1.82) is 0 Å². The highest BCUT2D eigenvalue weighted by Gasteiger charge is 2.63. The van der Waals surface area contributed by atoms with Crippen molar-refractivity contribution in [2.75, 3.05) is 0 Å². The fraction of sp³-hybridized carbons (Fsp3) is 0.545. The van der Waals surface area contributed by atoms with Gasteiger partial charge in [-0.2, -0.15) is 0 Å². The number of ketones is 1. The lowest BCUT2D eigenvalue weighted by atomic mass is 9.89. The number of allylic oxidation sites excluding steroid dienone is 1. The first kappa shape index (κ1) is 11.5. The van der Waals surface area contributed by atoms with Gasteiger partial charge < -0.3 is 4.74 Å². The largest absolute Gasteiger partial charge is 0.361 e. The molecule has 1 aliphatic heterocycles. The average Bonchev–Trinajstić information content (AvgIpc) is 2.86. The topological polar surface area (TPSA) is 29.6 Å². The van der Waals surface area contributed by atoms with Gasteiger partial charge in [-0.15, -0.1) is 6.42 Å². The minimum absolute atomic E-state index is 0.0773. The van der Waals surface area contributed by atoms with E-state index in [2.05, 4.69) is 5.25 Å². The summed E-state index contributed by atoms with van der Waals surface area (Å²) in [5, 5.41) is 2.33. The summed E-state index contributed by atoms with van der Waals surface area (Å²) in [5.74, 6) is 0.293. The van der Waals surface area contributed by atoms with Gasteiger partial charge in [-0.3, -0.25) is 4.79 Å². The molecule has 2 aliphatic carbocycles. The summed E-state index contributed by atoms with van der Waals surface area (Å²) in [5.41, 5.74) is 1.35. The SMILES string of the molecule is C#CSI.O=C1C=C2CCC3OC23CC1. The van der Waals surface area contributed by atoms with Crippen LogP contribution in [0.15, 0.2) is 11.6 Å². The van der Waals surface area contributed by atoms with Crippen LogP contribution in [0.2, 0.25) is 0 Å². The second-order valence-corrected chi connectivity index (χ2v) is 5.58. The maximum atomic E-state index is 11.0. The highest BCUT2D eigenvalue weighted by molar-refractivity contribution is 14.2. The zero-order valence-electron chi connectivity index (χ0n) is 8.16. The van der Waals surface area contributed by atoms with E-state index in [1.54, 1.807) is 0 Å². The summed E-state index contributed by atoms with van der Waals surface area (Å²) in [4.78, 5) is 11.0. The van der Waals surface area contributed by atoms with Crippen LogP contribution in [0, 0.1) is 11.7 Å². The van der Waals surface area contributed by atoms with E-state index >= 15 is 0 Å². The van der Waals surface area contributed by atoms with E-state index in [-0.39, 0.29) is 5.60 Å². The molecule has 1 heterocycles. The Morgan fingerprint density at radius 3 is 3.00 bits per heavy atom. The van der Waals surface area contributed by atoms with E-state index in [0.29, 0.717) is 18.3 Å². The van der Waals surface area contributed by atoms with Crippen LogP contribution in [0.5, 0.6) is 0 Å². The molecular formula is C11H11IO2S. The molecule has 1 saturated carbocycles. The fourth-order valence-corrected chi connectivity index (χ4v) is 2.44. The number of carbonyl (C=O) groups excluding carboxylic acids is 1. The third kappa shape index (κ3) is 2.10. The smallest absolute Gasteiger partial charge is 0.155 e. The van der Waals surface area contributed by atoms with Gasteiger partial charge >= 0.3 is 0 Å². The predicted octanol–water partition coefficient (Wildman–Crippen LogP) is 2.87. The third-order valence-electron chi connectivity index (χ3n) is 3.16. The summed E-state index contributed by atoms with van der Waals surface area (Å²) in [6, 6.07) is 0. The van der Waals surface area contributed by atoms with E-state index in [1.807, 2.05) is 27.3 Å². The minimum Gasteiger partial charge on any atom is -0.361 e. The van der Waals surface area contributed by atoms with Crippen LogP contribution in [0.4, 0.5) is 0 Å². The first-order valence-electron chi connectivity index (χ1n) is 4.88. The van der Waals surface area contributed by atoms with Gasteiger partial charge in [0.2, 0.25) is 0 Å². The van der Waals surface area contributed by atoms with Gasteiger partial charge in [-0.05, 0) is 45.1 Å². The second-order valence-electron chi connectivity index (χ2n) is 3.87. The van der Waals surface area contributed by atoms with Gasteiger partial charge in [-0.25, -0.2) is 0 Å². The molecular weight excluding hydrogens is 323 g/mol.